The van der Waals surface area contributed by atoms with Crippen LogP contribution in [0, 0.1) is 6.92 Å². The molecule has 0 radical (unpaired) electrons. The minimum absolute atomic E-state index is 0.139. The van der Waals surface area contributed by atoms with Crippen molar-refractivity contribution in [2.45, 2.75) is 44.6 Å². The Morgan fingerprint density at radius 1 is 1.04 bits per heavy atom. The van der Waals surface area contributed by atoms with E-state index in [1.807, 2.05) is 39.0 Å². The highest BCUT2D eigenvalue weighted by Gasteiger charge is 2.24. The van der Waals surface area contributed by atoms with Crippen molar-refractivity contribution in [2.75, 3.05) is 20.3 Å². The first-order valence-electron chi connectivity index (χ1n) is 9.33. The SMILES string of the molecule is COc1cc(C)c(S(=O)(=O)NC(C)c2ccc3c(c2)OCCO3)cc1C(C)C. The molecule has 28 heavy (non-hydrogen) atoms. The summed E-state index contributed by atoms with van der Waals surface area (Å²) in [6.07, 6.45) is 0. The van der Waals surface area contributed by atoms with E-state index in [0.29, 0.717) is 36.0 Å². The van der Waals surface area contributed by atoms with Crippen LogP contribution in [0.2, 0.25) is 0 Å². The van der Waals surface area contributed by atoms with E-state index in [2.05, 4.69) is 4.72 Å². The van der Waals surface area contributed by atoms with Crippen LogP contribution in [0.5, 0.6) is 17.2 Å². The van der Waals surface area contributed by atoms with Crippen molar-refractivity contribution < 1.29 is 22.6 Å². The lowest BCUT2D eigenvalue weighted by Gasteiger charge is -2.22. The van der Waals surface area contributed by atoms with Gasteiger partial charge in [-0.1, -0.05) is 19.9 Å². The smallest absolute Gasteiger partial charge is 0.241 e. The number of rotatable bonds is 6. The standard InChI is InChI=1S/C21H27NO5S/c1-13(2)17-12-21(14(3)10-19(17)25-5)28(23,24)22-15(4)16-6-7-18-20(11-16)27-9-8-26-18/h6-7,10-13,15,22H,8-9H2,1-5H3. The van der Waals surface area contributed by atoms with Gasteiger partial charge in [-0.2, -0.15) is 0 Å². The number of methoxy groups -OCH3 is 1. The molecular formula is C21H27NO5S. The number of ether oxygens (including phenoxy) is 3. The van der Waals surface area contributed by atoms with Gasteiger partial charge in [0, 0.05) is 6.04 Å². The van der Waals surface area contributed by atoms with Gasteiger partial charge in [-0.05, 0) is 60.7 Å². The summed E-state index contributed by atoms with van der Waals surface area (Å²) < 4.78 is 45.5. The Morgan fingerprint density at radius 3 is 2.36 bits per heavy atom. The van der Waals surface area contributed by atoms with E-state index >= 15 is 0 Å². The zero-order valence-electron chi connectivity index (χ0n) is 16.9. The second kappa shape index (κ2) is 8.01. The third-order valence-corrected chi connectivity index (χ3v) is 6.52. The van der Waals surface area contributed by atoms with Gasteiger partial charge in [-0.15, -0.1) is 0 Å². The van der Waals surface area contributed by atoms with E-state index in [1.165, 1.54) is 0 Å². The average Bonchev–Trinajstić information content (AvgIpc) is 2.66. The maximum absolute atomic E-state index is 13.1. The first kappa shape index (κ1) is 20.5. The number of sulfonamides is 1. The van der Waals surface area contributed by atoms with Crippen LogP contribution in [0.1, 0.15) is 49.4 Å². The monoisotopic (exact) mass is 405 g/mol. The van der Waals surface area contributed by atoms with Crippen molar-refractivity contribution in [2.24, 2.45) is 0 Å². The summed E-state index contributed by atoms with van der Waals surface area (Å²) >= 11 is 0. The Morgan fingerprint density at radius 2 is 1.71 bits per heavy atom. The van der Waals surface area contributed by atoms with Crippen LogP contribution in [0.4, 0.5) is 0 Å². The molecule has 6 nitrogen and oxygen atoms in total. The van der Waals surface area contributed by atoms with Crippen molar-refractivity contribution in [3.8, 4) is 17.2 Å². The van der Waals surface area contributed by atoms with Crippen molar-refractivity contribution in [1.82, 2.24) is 4.72 Å². The zero-order valence-corrected chi connectivity index (χ0v) is 17.7. The Balaban J connectivity index is 1.90. The molecule has 0 fully saturated rings. The zero-order chi connectivity index (χ0) is 20.5. The Kier molecular flexibility index (Phi) is 5.86. The second-order valence-electron chi connectivity index (χ2n) is 7.26. The number of hydrogen-bond donors (Lipinski definition) is 1. The number of fused-ring (bicyclic) bond motifs is 1. The Hall–Kier alpha value is -2.25. The summed E-state index contributed by atoms with van der Waals surface area (Å²) in [7, 11) is -2.12. The normalized spacial score (nSPS) is 14.8. The molecule has 0 aliphatic carbocycles. The summed E-state index contributed by atoms with van der Waals surface area (Å²) in [6, 6.07) is 8.54. The molecule has 0 spiro atoms. The molecular weight excluding hydrogens is 378 g/mol. The maximum atomic E-state index is 13.1. The van der Waals surface area contributed by atoms with Crippen molar-refractivity contribution in [1.29, 1.82) is 0 Å². The van der Waals surface area contributed by atoms with E-state index < -0.39 is 16.1 Å². The highest BCUT2D eigenvalue weighted by molar-refractivity contribution is 7.89. The fourth-order valence-electron chi connectivity index (χ4n) is 3.29. The lowest BCUT2D eigenvalue weighted by Crippen LogP contribution is -2.28. The van der Waals surface area contributed by atoms with Crippen LogP contribution in [-0.2, 0) is 10.0 Å². The number of nitrogens with one attached hydrogen (secondary N) is 1. The van der Waals surface area contributed by atoms with Gasteiger partial charge < -0.3 is 14.2 Å². The Labute approximate surface area is 166 Å². The highest BCUT2D eigenvalue weighted by Crippen LogP contribution is 2.34. The fourth-order valence-corrected chi connectivity index (χ4v) is 4.78. The quantitative estimate of drug-likeness (QED) is 0.788. The molecule has 1 aliphatic rings. The molecule has 1 aliphatic heterocycles. The minimum atomic E-state index is -3.72. The third-order valence-electron chi connectivity index (χ3n) is 4.84. The maximum Gasteiger partial charge on any atom is 0.241 e. The van der Waals surface area contributed by atoms with Gasteiger partial charge in [0.1, 0.15) is 19.0 Å². The van der Waals surface area contributed by atoms with Gasteiger partial charge >= 0.3 is 0 Å². The summed E-state index contributed by atoms with van der Waals surface area (Å²) in [5.74, 6) is 2.15. The van der Waals surface area contributed by atoms with Gasteiger partial charge in [0.15, 0.2) is 11.5 Å². The molecule has 7 heteroatoms. The molecule has 152 valence electrons. The second-order valence-corrected chi connectivity index (χ2v) is 8.94. The van der Waals surface area contributed by atoms with E-state index in [1.54, 1.807) is 26.2 Å². The number of aryl methyl sites for hydroxylation is 1. The Bertz CT molecular complexity index is 969. The van der Waals surface area contributed by atoms with Gasteiger partial charge in [-0.3, -0.25) is 0 Å². The predicted octanol–water partition coefficient (Wildman–Crippen LogP) is 3.94. The molecule has 1 N–H and O–H groups in total. The lowest BCUT2D eigenvalue weighted by molar-refractivity contribution is 0.171. The third kappa shape index (κ3) is 4.10. The molecule has 0 saturated heterocycles. The molecule has 2 aromatic rings. The van der Waals surface area contributed by atoms with Crippen molar-refractivity contribution in [3.05, 3.63) is 47.0 Å². The number of benzene rings is 2. The summed E-state index contributed by atoms with van der Waals surface area (Å²) in [5, 5.41) is 0. The largest absolute Gasteiger partial charge is 0.496 e. The fraction of sp³-hybridized carbons (Fsp3) is 0.429. The topological polar surface area (TPSA) is 73.9 Å². The summed E-state index contributed by atoms with van der Waals surface area (Å²) in [5.41, 5.74) is 2.31. The van der Waals surface area contributed by atoms with Crippen LogP contribution < -0.4 is 18.9 Å². The van der Waals surface area contributed by atoms with Gasteiger partial charge in [0.2, 0.25) is 10.0 Å². The van der Waals surface area contributed by atoms with Crippen LogP contribution in [-0.4, -0.2) is 28.7 Å². The number of hydrogen-bond acceptors (Lipinski definition) is 5. The van der Waals surface area contributed by atoms with Crippen molar-refractivity contribution in [3.63, 3.8) is 0 Å². The predicted molar refractivity (Wildman–Crippen MR) is 108 cm³/mol. The van der Waals surface area contributed by atoms with Crippen LogP contribution in [0.25, 0.3) is 0 Å². The van der Waals surface area contributed by atoms with Crippen LogP contribution in [0.3, 0.4) is 0 Å². The first-order valence-corrected chi connectivity index (χ1v) is 10.8. The summed E-state index contributed by atoms with van der Waals surface area (Å²) in [4.78, 5) is 0.265. The summed E-state index contributed by atoms with van der Waals surface area (Å²) in [6.45, 7) is 8.60. The average molecular weight is 406 g/mol. The van der Waals surface area contributed by atoms with E-state index in [-0.39, 0.29) is 10.8 Å². The van der Waals surface area contributed by atoms with Crippen LogP contribution >= 0.6 is 0 Å². The lowest BCUT2D eigenvalue weighted by atomic mass is 10.0. The molecule has 2 aromatic carbocycles. The molecule has 0 saturated carbocycles. The van der Waals surface area contributed by atoms with Gasteiger partial charge in [-0.25, -0.2) is 13.1 Å². The molecule has 0 amide bonds. The molecule has 3 rings (SSSR count). The van der Waals surface area contributed by atoms with E-state index in [0.717, 1.165) is 11.1 Å². The minimum Gasteiger partial charge on any atom is -0.496 e. The highest BCUT2D eigenvalue weighted by atomic mass is 32.2. The van der Waals surface area contributed by atoms with Gasteiger partial charge in [0.05, 0.1) is 12.0 Å². The molecule has 0 aromatic heterocycles. The van der Waals surface area contributed by atoms with E-state index in [4.69, 9.17) is 14.2 Å². The molecule has 1 unspecified atom stereocenters. The molecule has 1 atom stereocenters. The molecule has 0 bridgehead atoms. The molecule has 1 heterocycles. The van der Waals surface area contributed by atoms with E-state index in [9.17, 15) is 8.42 Å². The first-order chi connectivity index (χ1) is 13.2. The van der Waals surface area contributed by atoms with Crippen molar-refractivity contribution >= 4 is 10.0 Å². The van der Waals surface area contributed by atoms with Crippen LogP contribution in [0.15, 0.2) is 35.2 Å². The van der Waals surface area contributed by atoms with Gasteiger partial charge in [0.25, 0.3) is 0 Å².